The fourth-order valence-electron chi connectivity index (χ4n) is 1.50. The number of rotatable bonds is 4. The van der Waals surface area contributed by atoms with Gasteiger partial charge in [0.05, 0.1) is 12.9 Å². The van der Waals surface area contributed by atoms with Crippen LogP contribution in [-0.2, 0) is 0 Å². The van der Waals surface area contributed by atoms with Gasteiger partial charge in [-0.2, -0.15) is 0 Å². The molecular weight excluding hydrogens is 204 g/mol. The van der Waals surface area contributed by atoms with Crippen molar-refractivity contribution >= 4 is 5.82 Å². The predicted octanol–water partition coefficient (Wildman–Crippen LogP) is 2.13. The molecule has 2 aromatic heterocycles. The molecule has 1 atom stereocenters. The Morgan fingerprint density at radius 1 is 1.38 bits per heavy atom. The Morgan fingerprint density at radius 3 is 2.88 bits per heavy atom. The SMILES string of the molecule is Cc1cccc(NC(CO)c2ccco2)n1. The first kappa shape index (κ1) is 10.7. The van der Waals surface area contributed by atoms with Crippen molar-refractivity contribution in [2.75, 3.05) is 11.9 Å². The summed E-state index contributed by atoms with van der Waals surface area (Å²) in [6, 6.07) is 9.06. The molecule has 0 fully saturated rings. The van der Waals surface area contributed by atoms with Gasteiger partial charge in [0.25, 0.3) is 0 Å². The lowest BCUT2D eigenvalue weighted by Gasteiger charge is -2.14. The molecule has 4 nitrogen and oxygen atoms in total. The van der Waals surface area contributed by atoms with E-state index in [9.17, 15) is 5.11 Å². The Labute approximate surface area is 93.9 Å². The number of aromatic nitrogens is 1. The van der Waals surface area contributed by atoms with Crippen LogP contribution in [0.15, 0.2) is 41.0 Å². The van der Waals surface area contributed by atoms with E-state index in [1.165, 1.54) is 0 Å². The number of nitrogens with one attached hydrogen (secondary N) is 1. The van der Waals surface area contributed by atoms with E-state index >= 15 is 0 Å². The molecular formula is C12H14N2O2. The van der Waals surface area contributed by atoms with Gasteiger partial charge in [0.1, 0.15) is 17.6 Å². The molecule has 4 heteroatoms. The van der Waals surface area contributed by atoms with E-state index in [2.05, 4.69) is 10.3 Å². The fraction of sp³-hybridized carbons (Fsp3) is 0.250. The molecule has 2 heterocycles. The third-order valence-electron chi connectivity index (χ3n) is 2.28. The molecule has 0 amide bonds. The monoisotopic (exact) mass is 218 g/mol. The van der Waals surface area contributed by atoms with E-state index in [0.717, 1.165) is 11.5 Å². The van der Waals surface area contributed by atoms with Gasteiger partial charge in [-0.05, 0) is 31.2 Å². The fourth-order valence-corrected chi connectivity index (χ4v) is 1.50. The minimum Gasteiger partial charge on any atom is -0.467 e. The van der Waals surface area contributed by atoms with Gasteiger partial charge in [-0.3, -0.25) is 0 Å². The summed E-state index contributed by atoms with van der Waals surface area (Å²) in [6.07, 6.45) is 1.59. The van der Waals surface area contributed by atoms with Crippen LogP contribution in [0.25, 0.3) is 0 Å². The molecule has 16 heavy (non-hydrogen) atoms. The number of hydrogen-bond acceptors (Lipinski definition) is 4. The van der Waals surface area contributed by atoms with Crippen molar-refractivity contribution in [1.82, 2.24) is 4.98 Å². The summed E-state index contributed by atoms with van der Waals surface area (Å²) in [5.41, 5.74) is 0.932. The maximum atomic E-state index is 9.28. The zero-order valence-corrected chi connectivity index (χ0v) is 9.05. The van der Waals surface area contributed by atoms with Gasteiger partial charge in [0.2, 0.25) is 0 Å². The number of hydrogen-bond donors (Lipinski definition) is 2. The molecule has 0 bridgehead atoms. The topological polar surface area (TPSA) is 58.3 Å². The van der Waals surface area contributed by atoms with Gasteiger partial charge in [0, 0.05) is 5.69 Å². The number of aliphatic hydroxyl groups excluding tert-OH is 1. The van der Waals surface area contributed by atoms with Crippen LogP contribution in [0.3, 0.4) is 0 Å². The van der Waals surface area contributed by atoms with Gasteiger partial charge >= 0.3 is 0 Å². The number of anilines is 1. The zero-order valence-electron chi connectivity index (χ0n) is 9.05. The van der Waals surface area contributed by atoms with Crippen molar-refractivity contribution in [2.45, 2.75) is 13.0 Å². The van der Waals surface area contributed by atoms with Crippen LogP contribution in [0.1, 0.15) is 17.5 Å². The molecule has 2 rings (SSSR count). The van der Waals surface area contributed by atoms with Crippen molar-refractivity contribution in [3.63, 3.8) is 0 Å². The molecule has 0 radical (unpaired) electrons. The van der Waals surface area contributed by atoms with Crippen LogP contribution in [0.2, 0.25) is 0 Å². The highest BCUT2D eigenvalue weighted by molar-refractivity contribution is 5.37. The first-order chi connectivity index (χ1) is 7.79. The molecule has 0 aliphatic rings. The van der Waals surface area contributed by atoms with Gasteiger partial charge in [-0.1, -0.05) is 6.07 Å². The van der Waals surface area contributed by atoms with Crippen molar-refractivity contribution in [2.24, 2.45) is 0 Å². The quantitative estimate of drug-likeness (QED) is 0.825. The first-order valence-electron chi connectivity index (χ1n) is 5.14. The Balaban J connectivity index is 2.13. The van der Waals surface area contributed by atoms with Gasteiger partial charge < -0.3 is 14.8 Å². The van der Waals surface area contributed by atoms with Gasteiger partial charge in [-0.15, -0.1) is 0 Å². The third kappa shape index (κ3) is 2.41. The van der Waals surface area contributed by atoms with Crippen molar-refractivity contribution in [3.05, 3.63) is 48.0 Å². The second-order valence-electron chi connectivity index (χ2n) is 3.56. The number of furan rings is 1. The van der Waals surface area contributed by atoms with Gasteiger partial charge in [-0.25, -0.2) is 4.98 Å². The Hall–Kier alpha value is -1.81. The van der Waals surface area contributed by atoms with Crippen LogP contribution in [0, 0.1) is 6.92 Å². The number of nitrogens with zero attached hydrogens (tertiary/aromatic N) is 1. The number of pyridine rings is 1. The number of aryl methyl sites for hydroxylation is 1. The smallest absolute Gasteiger partial charge is 0.128 e. The first-order valence-corrected chi connectivity index (χ1v) is 5.14. The summed E-state index contributed by atoms with van der Waals surface area (Å²) in [5.74, 6) is 1.43. The normalized spacial score (nSPS) is 12.4. The van der Waals surface area contributed by atoms with E-state index in [1.807, 2.05) is 31.2 Å². The van der Waals surface area contributed by atoms with Crippen LogP contribution < -0.4 is 5.32 Å². The lowest BCUT2D eigenvalue weighted by Crippen LogP contribution is -2.15. The molecule has 0 spiro atoms. The molecule has 2 N–H and O–H groups in total. The molecule has 0 saturated carbocycles. The van der Waals surface area contributed by atoms with E-state index in [1.54, 1.807) is 12.3 Å². The standard InChI is InChI=1S/C12H14N2O2/c1-9-4-2-6-12(13-9)14-10(8-15)11-5-3-7-16-11/h2-7,10,15H,8H2,1H3,(H,13,14). The third-order valence-corrected chi connectivity index (χ3v) is 2.28. The molecule has 0 aromatic carbocycles. The van der Waals surface area contributed by atoms with E-state index in [0.29, 0.717) is 5.76 Å². The highest BCUT2D eigenvalue weighted by Gasteiger charge is 2.13. The highest BCUT2D eigenvalue weighted by atomic mass is 16.3. The number of aliphatic hydroxyl groups is 1. The maximum absolute atomic E-state index is 9.28. The maximum Gasteiger partial charge on any atom is 0.128 e. The summed E-state index contributed by atoms with van der Waals surface area (Å²) < 4.78 is 5.24. The van der Waals surface area contributed by atoms with Crippen LogP contribution in [0.4, 0.5) is 5.82 Å². The largest absolute Gasteiger partial charge is 0.467 e. The average molecular weight is 218 g/mol. The summed E-state index contributed by atoms with van der Waals surface area (Å²) >= 11 is 0. The molecule has 2 aromatic rings. The van der Waals surface area contributed by atoms with Crippen LogP contribution in [0.5, 0.6) is 0 Å². The van der Waals surface area contributed by atoms with Crippen LogP contribution in [-0.4, -0.2) is 16.7 Å². The van der Waals surface area contributed by atoms with Crippen LogP contribution >= 0.6 is 0 Å². The zero-order chi connectivity index (χ0) is 11.4. The highest BCUT2D eigenvalue weighted by Crippen LogP contribution is 2.18. The Kier molecular flexibility index (Phi) is 3.22. The summed E-state index contributed by atoms with van der Waals surface area (Å²) in [4.78, 5) is 4.31. The minimum absolute atomic E-state index is 0.0386. The predicted molar refractivity (Wildman–Crippen MR) is 61.1 cm³/mol. The molecule has 1 unspecified atom stereocenters. The molecule has 84 valence electrons. The van der Waals surface area contributed by atoms with Gasteiger partial charge in [0.15, 0.2) is 0 Å². The average Bonchev–Trinajstić information content (AvgIpc) is 2.79. The second-order valence-corrected chi connectivity index (χ2v) is 3.56. The Morgan fingerprint density at radius 2 is 2.25 bits per heavy atom. The lowest BCUT2D eigenvalue weighted by atomic mass is 10.2. The minimum atomic E-state index is -0.260. The second kappa shape index (κ2) is 4.81. The summed E-state index contributed by atoms with van der Waals surface area (Å²) in [6.45, 7) is 1.88. The summed E-state index contributed by atoms with van der Waals surface area (Å²) in [7, 11) is 0. The Bertz CT molecular complexity index is 440. The lowest BCUT2D eigenvalue weighted by molar-refractivity contribution is 0.261. The van der Waals surface area contributed by atoms with Crippen molar-refractivity contribution < 1.29 is 9.52 Å². The van der Waals surface area contributed by atoms with Crippen molar-refractivity contribution in [1.29, 1.82) is 0 Å². The van der Waals surface area contributed by atoms with E-state index in [-0.39, 0.29) is 12.6 Å². The van der Waals surface area contributed by atoms with E-state index in [4.69, 9.17) is 4.42 Å². The van der Waals surface area contributed by atoms with Crippen molar-refractivity contribution in [3.8, 4) is 0 Å². The molecule has 0 aliphatic heterocycles. The molecule has 0 aliphatic carbocycles. The molecule has 0 saturated heterocycles. The summed E-state index contributed by atoms with van der Waals surface area (Å²) in [5, 5.41) is 12.4. The van der Waals surface area contributed by atoms with E-state index < -0.39 is 0 Å².